The molecule has 1 aromatic heterocycles. The molecule has 3 N–H and O–H groups in total. The maximum atomic E-state index is 10.7. The molecule has 0 bridgehead atoms. The molecular weight excluding hydrogens is 226 g/mol. The van der Waals surface area contributed by atoms with E-state index in [-0.39, 0.29) is 19.1 Å². The Bertz CT molecular complexity index is 300. The molecule has 0 aliphatic carbocycles. The van der Waals surface area contributed by atoms with E-state index in [2.05, 4.69) is 5.32 Å². The zero-order valence-electron chi connectivity index (χ0n) is 9.06. The van der Waals surface area contributed by atoms with Gasteiger partial charge in [-0.25, -0.2) is 0 Å². The summed E-state index contributed by atoms with van der Waals surface area (Å²) >= 11 is 1.64. The molecule has 1 heterocycles. The summed E-state index contributed by atoms with van der Waals surface area (Å²) in [6.45, 7) is 0.783. The van der Waals surface area contributed by atoms with E-state index in [1.54, 1.807) is 11.3 Å². The Balaban J connectivity index is 2.40. The Hall–Kier alpha value is -0.910. The smallest absolute Gasteiger partial charge is 0.304 e. The van der Waals surface area contributed by atoms with E-state index in [4.69, 9.17) is 10.2 Å². The van der Waals surface area contributed by atoms with E-state index in [1.807, 2.05) is 17.5 Å². The number of carboxylic acid groups (broad SMARTS) is 1. The van der Waals surface area contributed by atoms with Gasteiger partial charge in [-0.3, -0.25) is 4.79 Å². The van der Waals surface area contributed by atoms with Gasteiger partial charge in [0.2, 0.25) is 0 Å². The number of hydrogen-bond acceptors (Lipinski definition) is 4. The van der Waals surface area contributed by atoms with Crippen molar-refractivity contribution in [3.63, 3.8) is 0 Å². The molecule has 0 saturated carbocycles. The van der Waals surface area contributed by atoms with Crippen LogP contribution in [-0.4, -0.2) is 35.4 Å². The fourth-order valence-corrected chi connectivity index (χ4v) is 2.27. The molecule has 0 amide bonds. The molecule has 1 atom stereocenters. The number of aliphatic hydroxyl groups excluding tert-OH is 1. The molecule has 0 saturated heterocycles. The molecule has 90 valence electrons. The average Bonchev–Trinajstić information content (AvgIpc) is 2.69. The van der Waals surface area contributed by atoms with Gasteiger partial charge in [0.1, 0.15) is 0 Å². The zero-order chi connectivity index (χ0) is 11.8. The minimum atomic E-state index is -0.793. The Morgan fingerprint density at radius 2 is 2.38 bits per heavy atom. The number of rotatable bonds is 8. The molecule has 4 nitrogen and oxygen atoms in total. The van der Waals surface area contributed by atoms with E-state index in [0.29, 0.717) is 13.0 Å². The third-order valence-corrected chi connectivity index (χ3v) is 3.12. The Morgan fingerprint density at radius 3 is 2.94 bits per heavy atom. The normalized spacial score (nSPS) is 12.6. The van der Waals surface area contributed by atoms with Crippen molar-refractivity contribution < 1.29 is 15.0 Å². The lowest BCUT2D eigenvalue weighted by molar-refractivity contribution is -0.137. The minimum absolute atomic E-state index is 0.0531. The van der Waals surface area contributed by atoms with Crippen LogP contribution >= 0.6 is 11.3 Å². The fourth-order valence-electron chi connectivity index (χ4n) is 1.48. The SMILES string of the molecule is O=C(O)CC(Cc1cccs1)NCCCO. The Morgan fingerprint density at radius 1 is 1.56 bits per heavy atom. The summed E-state index contributed by atoms with van der Waals surface area (Å²) in [5.74, 6) is -0.793. The second kappa shape index (κ2) is 7.38. The molecule has 16 heavy (non-hydrogen) atoms. The van der Waals surface area contributed by atoms with Crippen molar-refractivity contribution in [1.29, 1.82) is 0 Å². The molecule has 1 aromatic rings. The van der Waals surface area contributed by atoms with Gasteiger partial charge in [-0.15, -0.1) is 11.3 Å². The molecular formula is C11H17NO3S. The number of carboxylic acids is 1. The number of aliphatic carboxylic acids is 1. The first-order valence-electron chi connectivity index (χ1n) is 5.30. The quantitative estimate of drug-likeness (QED) is 0.598. The summed E-state index contributed by atoms with van der Waals surface area (Å²) in [6.07, 6.45) is 1.50. The molecule has 0 aliphatic rings. The van der Waals surface area contributed by atoms with Gasteiger partial charge < -0.3 is 15.5 Å². The molecule has 0 aliphatic heterocycles. The summed E-state index contributed by atoms with van der Waals surface area (Å²) in [5, 5.41) is 22.6. The monoisotopic (exact) mass is 243 g/mol. The molecule has 0 radical (unpaired) electrons. The van der Waals surface area contributed by atoms with Crippen LogP contribution in [0.2, 0.25) is 0 Å². The van der Waals surface area contributed by atoms with Crippen molar-refractivity contribution in [3.8, 4) is 0 Å². The van der Waals surface area contributed by atoms with Crippen LogP contribution in [0.25, 0.3) is 0 Å². The lowest BCUT2D eigenvalue weighted by Gasteiger charge is -2.15. The van der Waals surface area contributed by atoms with Crippen molar-refractivity contribution >= 4 is 17.3 Å². The van der Waals surface area contributed by atoms with E-state index in [1.165, 1.54) is 4.88 Å². The van der Waals surface area contributed by atoms with Gasteiger partial charge in [-0.2, -0.15) is 0 Å². The van der Waals surface area contributed by atoms with Crippen LogP contribution in [0, 0.1) is 0 Å². The van der Waals surface area contributed by atoms with E-state index < -0.39 is 5.97 Å². The van der Waals surface area contributed by atoms with E-state index >= 15 is 0 Å². The molecule has 1 unspecified atom stereocenters. The van der Waals surface area contributed by atoms with Crippen molar-refractivity contribution in [3.05, 3.63) is 22.4 Å². The van der Waals surface area contributed by atoms with Crippen LogP contribution in [0.15, 0.2) is 17.5 Å². The maximum Gasteiger partial charge on any atom is 0.304 e. The second-order valence-corrected chi connectivity index (χ2v) is 4.64. The number of nitrogens with one attached hydrogen (secondary N) is 1. The van der Waals surface area contributed by atoms with Crippen LogP contribution in [0.4, 0.5) is 0 Å². The first-order valence-corrected chi connectivity index (χ1v) is 6.18. The molecule has 1 rings (SSSR count). The maximum absolute atomic E-state index is 10.7. The average molecular weight is 243 g/mol. The first kappa shape index (κ1) is 13.2. The van der Waals surface area contributed by atoms with Crippen molar-refractivity contribution in [1.82, 2.24) is 5.32 Å². The van der Waals surface area contributed by atoms with Crippen LogP contribution < -0.4 is 5.32 Å². The van der Waals surface area contributed by atoms with Crippen LogP contribution in [0.5, 0.6) is 0 Å². The second-order valence-electron chi connectivity index (χ2n) is 3.61. The molecule has 0 fully saturated rings. The van der Waals surface area contributed by atoms with E-state index in [0.717, 1.165) is 6.42 Å². The summed E-state index contributed by atoms with van der Waals surface area (Å²) < 4.78 is 0. The van der Waals surface area contributed by atoms with Crippen molar-refractivity contribution in [2.45, 2.75) is 25.3 Å². The zero-order valence-corrected chi connectivity index (χ0v) is 9.87. The lowest BCUT2D eigenvalue weighted by Crippen LogP contribution is -2.34. The molecule has 0 spiro atoms. The number of thiophene rings is 1. The predicted octanol–water partition coefficient (Wildman–Crippen LogP) is 1.11. The highest BCUT2D eigenvalue weighted by Gasteiger charge is 2.13. The first-order chi connectivity index (χ1) is 7.72. The summed E-state index contributed by atoms with van der Waals surface area (Å²) in [6, 6.07) is 3.92. The number of carbonyl (C=O) groups is 1. The highest BCUT2D eigenvalue weighted by molar-refractivity contribution is 7.09. The molecule has 0 aromatic carbocycles. The third-order valence-electron chi connectivity index (χ3n) is 2.22. The number of aliphatic hydroxyl groups is 1. The van der Waals surface area contributed by atoms with Gasteiger partial charge >= 0.3 is 5.97 Å². The highest BCUT2D eigenvalue weighted by atomic mass is 32.1. The largest absolute Gasteiger partial charge is 0.481 e. The van der Waals surface area contributed by atoms with Gasteiger partial charge in [0.15, 0.2) is 0 Å². The summed E-state index contributed by atoms with van der Waals surface area (Å²) in [5.41, 5.74) is 0. The van der Waals surface area contributed by atoms with Crippen LogP contribution in [0.1, 0.15) is 17.7 Å². The Labute approximate surface area is 98.9 Å². The van der Waals surface area contributed by atoms with E-state index in [9.17, 15) is 4.79 Å². The van der Waals surface area contributed by atoms with Crippen LogP contribution in [0.3, 0.4) is 0 Å². The minimum Gasteiger partial charge on any atom is -0.481 e. The van der Waals surface area contributed by atoms with Crippen molar-refractivity contribution in [2.24, 2.45) is 0 Å². The van der Waals surface area contributed by atoms with Gasteiger partial charge in [0.05, 0.1) is 6.42 Å². The molecule has 5 heteroatoms. The van der Waals surface area contributed by atoms with Gasteiger partial charge in [0.25, 0.3) is 0 Å². The highest BCUT2D eigenvalue weighted by Crippen LogP contribution is 2.12. The topological polar surface area (TPSA) is 69.6 Å². The Kier molecular flexibility index (Phi) is 6.07. The van der Waals surface area contributed by atoms with Crippen molar-refractivity contribution in [2.75, 3.05) is 13.2 Å². The predicted molar refractivity (Wildman–Crippen MR) is 63.8 cm³/mol. The summed E-state index contributed by atoms with van der Waals surface area (Å²) in [7, 11) is 0. The lowest BCUT2D eigenvalue weighted by atomic mass is 10.1. The van der Waals surface area contributed by atoms with Gasteiger partial charge in [-0.05, 0) is 30.8 Å². The van der Waals surface area contributed by atoms with Crippen LogP contribution in [-0.2, 0) is 11.2 Å². The third kappa shape index (κ3) is 5.25. The van der Waals surface area contributed by atoms with Gasteiger partial charge in [-0.1, -0.05) is 6.07 Å². The standard InChI is InChI=1S/C11H17NO3S/c13-5-2-4-12-9(8-11(14)15)7-10-3-1-6-16-10/h1,3,6,9,12-13H,2,4-5,7-8H2,(H,14,15). The fraction of sp³-hybridized carbons (Fsp3) is 0.545. The summed E-state index contributed by atoms with van der Waals surface area (Å²) in [4.78, 5) is 11.9. The van der Waals surface area contributed by atoms with Gasteiger partial charge in [0, 0.05) is 17.5 Å². The number of hydrogen-bond donors (Lipinski definition) is 3.